The van der Waals surface area contributed by atoms with Crippen molar-refractivity contribution in [1.82, 2.24) is 14.8 Å². The van der Waals surface area contributed by atoms with Crippen molar-refractivity contribution in [3.63, 3.8) is 0 Å². The van der Waals surface area contributed by atoms with E-state index in [2.05, 4.69) is 29.8 Å². The van der Waals surface area contributed by atoms with Crippen molar-refractivity contribution in [3.05, 3.63) is 24.0 Å². The molecule has 0 bridgehead atoms. The number of carbonyl (C=O) groups is 1. The SMILES string of the molecule is CC(C)CC(NCc1cccn1C)C(=O)N1CCC(CO)CC1. The molecule has 0 spiro atoms. The normalized spacial score (nSPS) is 17.7. The smallest absolute Gasteiger partial charge is 0.239 e. The molecular formula is C18H31N3O2. The van der Waals surface area contributed by atoms with Gasteiger partial charge in [0.1, 0.15) is 0 Å². The summed E-state index contributed by atoms with van der Waals surface area (Å²) >= 11 is 0. The predicted molar refractivity (Wildman–Crippen MR) is 91.9 cm³/mol. The maximum atomic E-state index is 12.9. The highest BCUT2D eigenvalue weighted by Crippen LogP contribution is 2.18. The van der Waals surface area contributed by atoms with Crippen molar-refractivity contribution in [2.24, 2.45) is 18.9 Å². The van der Waals surface area contributed by atoms with Gasteiger partial charge in [0.2, 0.25) is 5.91 Å². The lowest BCUT2D eigenvalue weighted by molar-refractivity contribution is -0.135. The van der Waals surface area contributed by atoms with Gasteiger partial charge < -0.3 is 19.9 Å². The van der Waals surface area contributed by atoms with Crippen LogP contribution in [0.2, 0.25) is 0 Å². The number of amides is 1. The number of likely N-dealkylation sites (tertiary alicyclic amines) is 1. The van der Waals surface area contributed by atoms with E-state index in [-0.39, 0.29) is 18.6 Å². The Labute approximate surface area is 139 Å². The zero-order chi connectivity index (χ0) is 16.8. The first-order chi connectivity index (χ1) is 11.0. The van der Waals surface area contributed by atoms with Crippen LogP contribution in [0.1, 0.15) is 38.8 Å². The first-order valence-corrected chi connectivity index (χ1v) is 8.74. The summed E-state index contributed by atoms with van der Waals surface area (Å²) in [5, 5.41) is 12.7. The summed E-state index contributed by atoms with van der Waals surface area (Å²) in [6, 6.07) is 3.97. The Morgan fingerprint density at radius 2 is 2.09 bits per heavy atom. The van der Waals surface area contributed by atoms with Gasteiger partial charge in [-0.1, -0.05) is 13.8 Å². The van der Waals surface area contributed by atoms with Gasteiger partial charge in [0.25, 0.3) is 0 Å². The summed E-state index contributed by atoms with van der Waals surface area (Å²) in [6.45, 7) is 6.79. The van der Waals surface area contributed by atoms with Crippen LogP contribution in [0.3, 0.4) is 0 Å². The number of nitrogens with one attached hydrogen (secondary N) is 1. The summed E-state index contributed by atoms with van der Waals surface area (Å²) in [7, 11) is 2.02. The van der Waals surface area contributed by atoms with Crippen LogP contribution in [-0.4, -0.2) is 46.2 Å². The van der Waals surface area contributed by atoms with Gasteiger partial charge in [0, 0.05) is 45.2 Å². The molecule has 130 valence electrons. The molecule has 2 rings (SSSR count). The molecule has 5 heteroatoms. The molecule has 2 N–H and O–H groups in total. The van der Waals surface area contributed by atoms with Gasteiger partial charge in [-0.3, -0.25) is 4.79 Å². The number of aliphatic hydroxyl groups is 1. The van der Waals surface area contributed by atoms with Crippen LogP contribution in [0.25, 0.3) is 0 Å². The maximum Gasteiger partial charge on any atom is 0.239 e. The molecule has 1 fully saturated rings. The Bertz CT molecular complexity index is 490. The van der Waals surface area contributed by atoms with E-state index in [4.69, 9.17) is 0 Å². The number of hydrogen-bond donors (Lipinski definition) is 2. The van der Waals surface area contributed by atoms with Crippen LogP contribution in [0.4, 0.5) is 0 Å². The lowest BCUT2D eigenvalue weighted by Gasteiger charge is -2.34. The van der Waals surface area contributed by atoms with E-state index < -0.39 is 0 Å². The molecular weight excluding hydrogens is 290 g/mol. The van der Waals surface area contributed by atoms with Gasteiger partial charge in [-0.15, -0.1) is 0 Å². The van der Waals surface area contributed by atoms with Crippen molar-refractivity contribution in [2.75, 3.05) is 19.7 Å². The van der Waals surface area contributed by atoms with E-state index in [0.717, 1.165) is 32.4 Å². The zero-order valence-electron chi connectivity index (χ0n) is 14.7. The third-order valence-corrected chi connectivity index (χ3v) is 4.77. The quantitative estimate of drug-likeness (QED) is 0.804. The van der Waals surface area contributed by atoms with Crippen LogP contribution in [0, 0.1) is 11.8 Å². The molecule has 0 radical (unpaired) electrons. The van der Waals surface area contributed by atoms with Crippen molar-refractivity contribution in [2.45, 2.75) is 45.7 Å². The number of aryl methyl sites for hydroxylation is 1. The lowest BCUT2D eigenvalue weighted by atomic mass is 9.96. The third kappa shape index (κ3) is 5.08. The molecule has 1 saturated heterocycles. The number of hydrogen-bond acceptors (Lipinski definition) is 3. The molecule has 1 aliphatic rings. The van der Waals surface area contributed by atoms with Crippen LogP contribution in [0.5, 0.6) is 0 Å². The number of nitrogens with zero attached hydrogens (tertiary/aromatic N) is 2. The van der Waals surface area contributed by atoms with Gasteiger partial charge in [0.05, 0.1) is 6.04 Å². The highest BCUT2D eigenvalue weighted by atomic mass is 16.3. The van der Waals surface area contributed by atoms with E-state index in [1.54, 1.807) is 0 Å². The van der Waals surface area contributed by atoms with Crippen LogP contribution in [0.15, 0.2) is 18.3 Å². The topological polar surface area (TPSA) is 57.5 Å². The first-order valence-electron chi connectivity index (χ1n) is 8.74. The Kier molecular flexibility index (Phi) is 6.66. The Morgan fingerprint density at radius 1 is 1.39 bits per heavy atom. The molecule has 1 aliphatic heterocycles. The molecule has 0 aromatic carbocycles. The van der Waals surface area contributed by atoms with Gasteiger partial charge in [-0.05, 0) is 43.2 Å². The summed E-state index contributed by atoms with van der Waals surface area (Å²) in [5.41, 5.74) is 1.19. The maximum absolute atomic E-state index is 12.9. The Balaban J connectivity index is 1.94. The second-order valence-corrected chi connectivity index (χ2v) is 7.12. The van der Waals surface area contributed by atoms with Gasteiger partial charge in [-0.2, -0.15) is 0 Å². The number of carbonyl (C=O) groups excluding carboxylic acids is 1. The largest absolute Gasteiger partial charge is 0.396 e. The molecule has 0 aliphatic carbocycles. The number of rotatable bonds is 7. The summed E-state index contributed by atoms with van der Waals surface area (Å²) < 4.78 is 2.08. The molecule has 23 heavy (non-hydrogen) atoms. The average molecular weight is 321 g/mol. The fraction of sp³-hybridized carbons (Fsp3) is 0.722. The number of piperidine rings is 1. The van der Waals surface area contributed by atoms with E-state index in [9.17, 15) is 9.90 Å². The fourth-order valence-electron chi connectivity index (χ4n) is 3.21. The van der Waals surface area contributed by atoms with E-state index in [0.29, 0.717) is 18.4 Å². The van der Waals surface area contributed by atoms with Gasteiger partial charge in [0.15, 0.2) is 0 Å². The summed E-state index contributed by atoms with van der Waals surface area (Å²) in [5.74, 6) is 1.04. The first kappa shape index (κ1) is 18.0. The summed E-state index contributed by atoms with van der Waals surface area (Å²) in [6.07, 6.45) is 4.70. The van der Waals surface area contributed by atoms with Crippen molar-refractivity contribution < 1.29 is 9.90 Å². The van der Waals surface area contributed by atoms with Crippen molar-refractivity contribution in [1.29, 1.82) is 0 Å². The van der Waals surface area contributed by atoms with Crippen LogP contribution in [-0.2, 0) is 18.4 Å². The van der Waals surface area contributed by atoms with Gasteiger partial charge >= 0.3 is 0 Å². The standard InChI is InChI=1S/C18H31N3O2/c1-14(2)11-17(19-12-16-5-4-8-20(16)3)18(23)21-9-6-15(13-22)7-10-21/h4-5,8,14-15,17,19,22H,6-7,9-13H2,1-3H3. The third-order valence-electron chi connectivity index (χ3n) is 4.77. The lowest BCUT2D eigenvalue weighted by Crippen LogP contribution is -2.49. The molecule has 1 aromatic rings. The van der Waals surface area contributed by atoms with Gasteiger partial charge in [-0.25, -0.2) is 0 Å². The number of aliphatic hydroxyl groups excluding tert-OH is 1. The Morgan fingerprint density at radius 3 is 2.61 bits per heavy atom. The minimum Gasteiger partial charge on any atom is -0.396 e. The van der Waals surface area contributed by atoms with E-state index in [1.807, 2.05) is 24.2 Å². The molecule has 5 nitrogen and oxygen atoms in total. The highest BCUT2D eigenvalue weighted by molar-refractivity contribution is 5.82. The van der Waals surface area contributed by atoms with E-state index in [1.165, 1.54) is 5.69 Å². The molecule has 1 amide bonds. The molecule has 0 saturated carbocycles. The average Bonchev–Trinajstić information content (AvgIpc) is 2.95. The molecule has 1 unspecified atom stereocenters. The minimum atomic E-state index is -0.129. The minimum absolute atomic E-state index is 0.129. The highest BCUT2D eigenvalue weighted by Gasteiger charge is 2.28. The summed E-state index contributed by atoms with van der Waals surface area (Å²) in [4.78, 5) is 14.8. The van der Waals surface area contributed by atoms with Crippen LogP contribution >= 0.6 is 0 Å². The van der Waals surface area contributed by atoms with Crippen molar-refractivity contribution >= 4 is 5.91 Å². The Hall–Kier alpha value is -1.33. The monoisotopic (exact) mass is 321 g/mol. The van der Waals surface area contributed by atoms with Crippen LogP contribution < -0.4 is 5.32 Å². The molecule has 1 atom stereocenters. The number of aromatic nitrogens is 1. The van der Waals surface area contributed by atoms with E-state index >= 15 is 0 Å². The molecule has 2 heterocycles. The zero-order valence-corrected chi connectivity index (χ0v) is 14.7. The second-order valence-electron chi connectivity index (χ2n) is 7.12. The molecule has 1 aromatic heterocycles. The fourth-order valence-corrected chi connectivity index (χ4v) is 3.21. The predicted octanol–water partition coefficient (Wildman–Crippen LogP) is 1.76. The van der Waals surface area contributed by atoms with Crippen molar-refractivity contribution in [3.8, 4) is 0 Å². The second kappa shape index (κ2) is 8.50.